The summed E-state index contributed by atoms with van der Waals surface area (Å²) in [5, 5.41) is 3.48. The number of nitrogens with one attached hydrogen (secondary N) is 1. The summed E-state index contributed by atoms with van der Waals surface area (Å²) in [6, 6.07) is 0.452. The molecule has 0 radical (unpaired) electrons. The van der Waals surface area contributed by atoms with Gasteiger partial charge in [-0.1, -0.05) is 0 Å². The van der Waals surface area contributed by atoms with Crippen LogP contribution in [-0.2, 0) is 14.2 Å². The summed E-state index contributed by atoms with van der Waals surface area (Å²) in [6.07, 6.45) is 3.80. The van der Waals surface area contributed by atoms with Crippen molar-refractivity contribution >= 4 is 0 Å². The third kappa shape index (κ3) is 4.37. The largest absolute Gasteiger partial charge is 0.380 e. The van der Waals surface area contributed by atoms with Gasteiger partial charge >= 0.3 is 0 Å². The van der Waals surface area contributed by atoms with E-state index in [9.17, 15) is 0 Å². The predicted molar refractivity (Wildman–Crippen MR) is 63.5 cm³/mol. The first-order chi connectivity index (χ1) is 7.81. The van der Waals surface area contributed by atoms with E-state index in [1.807, 2.05) is 13.8 Å². The Hall–Kier alpha value is -0.160. The minimum atomic E-state index is -0.131. The Morgan fingerprint density at radius 2 is 1.88 bits per heavy atom. The third-order valence-electron chi connectivity index (χ3n) is 3.01. The molecular weight excluding hydrogens is 206 g/mol. The molecule has 1 aliphatic carbocycles. The molecule has 1 saturated carbocycles. The summed E-state index contributed by atoms with van der Waals surface area (Å²) < 4.78 is 16.4. The molecule has 0 spiro atoms. The molecule has 0 amide bonds. The molecule has 1 N–H and O–H groups in total. The molecule has 16 heavy (non-hydrogen) atoms. The van der Waals surface area contributed by atoms with Crippen molar-refractivity contribution in [1.82, 2.24) is 5.32 Å². The zero-order valence-corrected chi connectivity index (χ0v) is 10.7. The van der Waals surface area contributed by atoms with E-state index in [4.69, 9.17) is 14.2 Å². The Morgan fingerprint density at radius 1 is 1.19 bits per heavy atom. The maximum Gasteiger partial charge on any atom is 0.169 e. The Balaban J connectivity index is 2.24. The van der Waals surface area contributed by atoms with Gasteiger partial charge in [0.2, 0.25) is 0 Å². The summed E-state index contributed by atoms with van der Waals surface area (Å²) in [4.78, 5) is 0. The number of methoxy groups -OCH3 is 1. The van der Waals surface area contributed by atoms with Crippen LogP contribution in [0.15, 0.2) is 0 Å². The van der Waals surface area contributed by atoms with E-state index in [1.165, 1.54) is 12.8 Å². The molecule has 2 unspecified atom stereocenters. The highest BCUT2D eigenvalue weighted by molar-refractivity contribution is 4.83. The van der Waals surface area contributed by atoms with E-state index in [0.29, 0.717) is 25.4 Å². The summed E-state index contributed by atoms with van der Waals surface area (Å²) in [5.41, 5.74) is 0. The number of hydrogen-bond donors (Lipinski definition) is 1. The average Bonchev–Trinajstić information content (AvgIpc) is 2.74. The summed E-state index contributed by atoms with van der Waals surface area (Å²) in [5.74, 6) is 0. The summed E-state index contributed by atoms with van der Waals surface area (Å²) >= 11 is 0. The monoisotopic (exact) mass is 231 g/mol. The van der Waals surface area contributed by atoms with E-state index < -0.39 is 0 Å². The van der Waals surface area contributed by atoms with Gasteiger partial charge in [-0.15, -0.1) is 0 Å². The van der Waals surface area contributed by atoms with Crippen LogP contribution >= 0.6 is 0 Å². The molecule has 1 rings (SSSR count). The van der Waals surface area contributed by atoms with Crippen molar-refractivity contribution in [3.8, 4) is 0 Å². The lowest BCUT2D eigenvalue weighted by Gasteiger charge is -2.23. The minimum absolute atomic E-state index is 0.131. The van der Waals surface area contributed by atoms with Crippen LogP contribution in [0.1, 0.15) is 33.1 Å². The van der Waals surface area contributed by atoms with Crippen molar-refractivity contribution in [2.45, 2.75) is 51.5 Å². The lowest BCUT2D eigenvalue weighted by molar-refractivity contribution is -0.134. The normalized spacial score (nSPS) is 25.5. The molecule has 4 heteroatoms. The number of hydrogen-bond acceptors (Lipinski definition) is 4. The van der Waals surface area contributed by atoms with E-state index >= 15 is 0 Å². The Bertz CT molecular complexity index is 172. The molecule has 0 aromatic rings. The fourth-order valence-corrected chi connectivity index (χ4v) is 2.23. The second-order valence-electron chi connectivity index (χ2n) is 4.06. The van der Waals surface area contributed by atoms with Gasteiger partial charge in [0.05, 0.1) is 6.10 Å². The molecule has 0 saturated heterocycles. The minimum Gasteiger partial charge on any atom is -0.380 e. The van der Waals surface area contributed by atoms with Crippen molar-refractivity contribution < 1.29 is 14.2 Å². The van der Waals surface area contributed by atoms with Crippen LogP contribution in [0, 0.1) is 0 Å². The van der Waals surface area contributed by atoms with Gasteiger partial charge in [0, 0.05) is 32.9 Å². The van der Waals surface area contributed by atoms with Crippen LogP contribution in [0.2, 0.25) is 0 Å². The van der Waals surface area contributed by atoms with Gasteiger partial charge < -0.3 is 19.5 Å². The summed E-state index contributed by atoms with van der Waals surface area (Å²) in [7, 11) is 1.78. The molecule has 0 aromatic carbocycles. The van der Waals surface area contributed by atoms with Gasteiger partial charge in [0.15, 0.2) is 6.29 Å². The fourth-order valence-electron chi connectivity index (χ4n) is 2.23. The van der Waals surface area contributed by atoms with Crippen LogP contribution < -0.4 is 5.32 Å². The average molecular weight is 231 g/mol. The first kappa shape index (κ1) is 13.9. The van der Waals surface area contributed by atoms with Crippen molar-refractivity contribution in [3.63, 3.8) is 0 Å². The van der Waals surface area contributed by atoms with E-state index in [1.54, 1.807) is 7.11 Å². The SMILES string of the molecule is CCOC(CNC1CCCC1OC)OCC. The quantitative estimate of drug-likeness (QED) is 0.643. The Morgan fingerprint density at radius 3 is 2.44 bits per heavy atom. The lowest BCUT2D eigenvalue weighted by Crippen LogP contribution is -2.42. The first-order valence-electron chi connectivity index (χ1n) is 6.31. The zero-order chi connectivity index (χ0) is 11.8. The van der Waals surface area contributed by atoms with Crippen molar-refractivity contribution in [1.29, 1.82) is 0 Å². The van der Waals surface area contributed by atoms with Gasteiger partial charge in [0.25, 0.3) is 0 Å². The van der Waals surface area contributed by atoms with Gasteiger partial charge in [-0.2, -0.15) is 0 Å². The van der Waals surface area contributed by atoms with Gasteiger partial charge in [-0.25, -0.2) is 0 Å². The van der Waals surface area contributed by atoms with Crippen LogP contribution in [0.5, 0.6) is 0 Å². The first-order valence-corrected chi connectivity index (χ1v) is 6.31. The second kappa shape index (κ2) is 8.01. The maximum absolute atomic E-state index is 5.49. The van der Waals surface area contributed by atoms with Crippen LogP contribution in [0.3, 0.4) is 0 Å². The lowest BCUT2D eigenvalue weighted by atomic mass is 10.2. The van der Waals surface area contributed by atoms with E-state index in [2.05, 4.69) is 5.32 Å². The van der Waals surface area contributed by atoms with E-state index in [0.717, 1.165) is 13.0 Å². The van der Waals surface area contributed by atoms with Crippen molar-refractivity contribution in [2.75, 3.05) is 26.9 Å². The zero-order valence-electron chi connectivity index (χ0n) is 10.7. The molecule has 0 aliphatic heterocycles. The molecule has 2 atom stereocenters. The molecule has 1 fully saturated rings. The molecule has 1 aliphatic rings. The van der Waals surface area contributed by atoms with Gasteiger partial charge in [-0.3, -0.25) is 0 Å². The van der Waals surface area contributed by atoms with Crippen LogP contribution in [0.25, 0.3) is 0 Å². The standard InChI is InChI=1S/C12H25NO3/c1-4-15-12(16-5-2)9-13-10-7-6-8-11(10)14-3/h10-13H,4-9H2,1-3H3. The van der Waals surface area contributed by atoms with Crippen LogP contribution in [0.4, 0.5) is 0 Å². The molecule has 0 bridgehead atoms. The molecule has 0 aromatic heterocycles. The maximum atomic E-state index is 5.49. The Kier molecular flexibility index (Phi) is 6.96. The molecule has 0 heterocycles. The highest BCUT2D eigenvalue weighted by Gasteiger charge is 2.27. The number of rotatable bonds is 8. The topological polar surface area (TPSA) is 39.7 Å². The second-order valence-corrected chi connectivity index (χ2v) is 4.06. The van der Waals surface area contributed by atoms with Crippen molar-refractivity contribution in [3.05, 3.63) is 0 Å². The van der Waals surface area contributed by atoms with E-state index in [-0.39, 0.29) is 6.29 Å². The molecule has 96 valence electrons. The third-order valence-corrected chi connectivity index (χ3v) is 3.01. The predicted octanol–water partition coefficient (Wildman–Crippen LogP) is 1.54. The van der Waals surface area contributed by atoms with Crippen molar-refractivity contribution in [2.24, 2.45) is 0 Å². The van der Waals surface area contributed by atoms with Crippen LogP contribution in [-0.4, -0.2) is 45.3 Å². The van der Waals surface area contributed by atoms with Gasteiger partial charge in [0.1, 0.15) is 0 Å². The number of ether oxygens (including phenoxy) is 3. The molecular formula is C12H25NO3. The Labute approximate surface area is 98.6 Å². The van der Waals surface area contributed by atoms with Gasteiger partial charge in [-0.05, 0) is 33.1 Å². The highest BCUT2D eigenvalue weighted by atomic mass is 16.7. The smallest absolute Gasteiger partial charge is 0.169 e. The highest BCUT2D eigenvalue weighted by Crippen LogP contribution is 2.21. The summed E-state index contributed by atoms with van der Waals surface area (Å²) in [6.45, 7) is 6.08. The molecule has 4 nitrogen and oxygen atoms in total. The fraction of sp³-hybridized carbons (Fsp3) is 1.00.